The smallest absolute Gasteiger partial charge is 0.119 e. The number of ether oxygens (including phenoxy) is 3. The van der Waals surface area contributed by atoms with Gasteiger partial charge in [0.15, 0.2) is 0 Å². The zero-order valence-corrected chi connectivity index (χ0v) is 11.3. The van der Waals surface area contributed by atoms with Gasteiger partial charge in [-0.25, -0.2) is 0 Å². The van der Waals surface area contributed by atoms with Crippen LogP contribution in [-0.2, 0) is 9.47 Å². The second-order valence-electron chi connectivity index (χ2n) is 4.32. The van der Waals surface area contributed by atoms with Gasteiger partial charge in [-0.1, -0.05) is 12.1 Å². The van der Waals surface area contributed by atoms with Gasteiger partial charge >= 0.3 is 0 Å². The van der Waals surface area contributed by atoms with Crippen LogP contribution in [0.15, 0.2) is 24.3 Å². The maximum absolute atomic E-state index is 9.89. The summed E-state index contributed by atoms with van der Waals surface area (Å²) in [6.07, 6.45) is -0.465. The normalized spacial score (nSPS) is 12.7. The van der Waals surface area contributed by atoms with Gasteiger partial charge < -0.3 is 19.3 Å². The molecule has 0 heterocycles. The summed E-state index contributed by atoms with van der Waals surface area (Å²) in [5, 5.41) is 9.89. The fraction of sp³-hybridized carbons (Fsp3) is 0.571. The molecule has 1 aromatic carbocycles. The predicted molar refractivity (Wildman–Crippen MR) is 69.9 cm³/mol. The topological polar surface area (TPSA) is 47.9 Å². The lowest BCUT2D eigenvalue weighted by atomic mass is 10.1. The van der Waals surface area contributed by atoms with Crippen LogP contribution in [0.2, 0.25) is 0 Å². The molecule has 0 aromatic heterocycles. The van der Waals surface area contributed by atoms with Gasteiger partial charge in [0.25, 0.3) is 0 Å². The van der Waals surface area contributed by atoms with Gasteiger partial charge in [-0.05, 0) is 31.5 Å². The minimum atomic E-state index is -0.616. The Morgan fingerprint density at radius 3 is 2.33 bits per heavy atom. The van der Waals surface area contributed by atoms with E-state index in [1.165, 1.54) is 0 Å². The molecule has 0 amide bonds. The summed E-state index contributed by atoms with van der Waals surface area (Å²) in [5.41, 5.74) is 0.823. The van der Waals surface area contributed by atoms with E-state index < -0.39 is 6.10 Å². The third-order valence-electron chi connectivity index (χ3n) is 2.34. The molecule has 0 fully saturated rings. The van der Waals surface area contributed by atoms with E-state index in [1.807, 2.05) is 38.1 Å². The van der Waals surface area contributed by atoms with Gasteiger partial charge in [0.05, 0.1) is 25.9 Å². The Hall–Kier alpha value is -1.10. The highest BCUT2D eigenvalue weighted by Crippen LogP contribution is 2.18. The molecule has 102 valence electrons. The highest BCUT2D eigenvalue weighted by Gasteiger charge is 2.08. The van der Waals surface area contributed by atoms with Crippen molar-refractivity contribution in [3.8, 4) is 5.75 Å². The van der Waals surface area contributed by atoms with Crippen molar-refractivity contribution in [1.82, 2.24) is 0 Å². The van der Waals surface area contributed by atoms with Crippen LogP contribution >= 0.6 is 0 Å². The molecule has 0 bridgehead atoms. The Balaban J connectivity index is 2.41. The lowest BCUT2D eigenvalue weighted by Gasteiger charge is -2.13. The lowest BCUT2D eigenvalue weighted by Crippen LogP contribution is -2.10. The molecule has 4 nitrogen and oxygen atoms in total. The first kappa shape index (κ1) is 15.0. The van der Waals surface area contributed by atoms with Crippen molar-refractivity contribution in [1.29, 1.82) is 0 Å². The Morgan fingerprint density at radius 2 is 1.78 bits per heavy atom. The molecule has 0 aliphatic rings. The molecule has 1 rings (SSSR count). The molecule has 0 saturated carbocycles. The van der Waals surface area contributed by atoms with Gasteiger partial charge in [-0.15, -0.1) is 0 Å². The summed E-state index contributed by atoms with van der Waals surface area (Å²) in [6.45, 7) is 5.25. The molecule has 1 N–H and O–H groups in total. The van der Waals surface area contributed by atoms with Gasteiger partial charge in [0, 0.05) is 7.11 Å². The van der Waals surface area contributed by atoms with E-state index >= 15 is 0 Å². The molecule has 4 heteroatoms. The van der Waals surface area contributed by atoms with Crippen LogP contribution in [0.5, 0.6) is 5.75 Å². The number of benzene rings is 1. The molecular formula is C14H22O4. The van der Waals surface area contributed by atoms with Gasteiger partial charge in [0.2, 0.25) is 0 Å². The molecule has 0 spiro atoms. The fourth-order valence-corrected chi connectivity index (χ4v) is 1.47. The summed E-state index contributed by atoms with van der Waals surface area (Å²) in [7, 11) is 1.62. The number of hydrogen-bond donors (Lipinski definition) is 1. The van der Waals surface area contributed by atoms with Crippen molar-refractivity contribution in [2.75, 3.05) is 26.9 Å². The molecule has 1 unspecified atom stereocenters. The zero-order valence-electron chi connectivity index (χ0n) is 11.3. The number of hydrogen-bond acceptors (Lipinski definition) is 4. The standard InChI is InChI=1S/C14H22O4/c1-11(2)18-13-6-4-12(5-7-13)14(15)10-17-9-8-16-3/h4-7,11,14-15H,8-10H2,1-3H3. The molecule has 1 atom stereocenters. The van der Waals surface area contributed by atoms with E-state index in [0.717, 1.165) is 11.3 Å². The molecular weight excluding hydrogens is 232 g/mol. The van der Waals surface area contributed by atoms with E-state index in [4.69, 9.17) is 14.2 Å². The minimum Gasteiger partial charge on any atom is -0.491 e. The fourth-order valence-electron chi connectivity index (χ4n) is 1.47. The quantitative estimate of drug-likeness (QED) is 0.722. The predicted octanol–water partition coefficient (Wildman–Crippen LogP) is 2.17. The van der Waals surface area contributed by atoms with E-state index in [1.54, 1.807) is 7.11 Å². The Kier molecular flexibility index (Phi) is 6.72. The van der Waals surface area contributed by atoms with Crippen molar-refractivity contribution in [3.05, 3.63) is 29.8 Å². The first-order valence-electron chi connectivity index (χ1n) is 6.15. The average Bonchev–Trinajstić information content (AvgIpc) is 2.34. The Labute approximate surface area is 108 Å². The van der Waals surface area contributed by atoms with Gasteiger partial charge in [0.1, 0.15) is 11.9 Å². The zero-order chi connectivity index (χ0) is 13.4. The van der Waals surface area contributed by atoms with Crippen molar-refractivity contribution in [3.63, 3.8) is 0 Å². The number of aliphatic hydroxyl groups excluding tert-OH is 1. The van der Waals surface area contributed by atoms with Crippen molar-refractivity contribution < 1.29 is 19.3 Å². The van der Waals surface area contributed by atoms with E-state index in [-0.39, 0.29) is 12.7 Å². The largest absolute Gasteiger partial charge is 0.491 e. The molecule has 0 aliphatic heterocycles. The van der Waals surface area contributed by atoms with E-state index in [0.29, 0.717) is 13.2 Å². The molecule has 0 radical (unpaired) electrons. The summed E-state index contributed by atoms with van der Waals surface area (Å²) in [4.78, 5) is 0. The molecule has 18 heavy (non-hydrogen) atoms. The first-order chi connectivity index (χ1) is 8.63. The van der Waals surface area contributed by atoms with Gasteiger partial charge in [-0.2, -0.15) is 0 Å². The van der Waals surface area contributed by atoms with Crippen LogP contribution in [0.4, 0.5) is 0 Å². The summed E-state index contributed by atoms with van der Waals surface area (Å²) < 4.78 is 15.7. The van der Waals surface area contributed by atoms with Crippen LogP contribution in [0.3, 0.4) is 0 Å². The first-order valence-corrected chi connectivity index (χ1v) is 6.15. The summed E-state index contributed by atoms with van der Waals surface area (Å²) >= 11 is 0. The van der Waals surface area contributed by atoms with E-state index in [9.17, 15) is 5.11 Å². The third kappa shape index (κ3) is 5.49. The van der Waals surface area contributed by atoms with Crippen LogP contribution < -0.4 is 4.74 Å². The molecule has 0 saturated heterocycles. The minimum absolute atomic E-state index is 0.151. The second-order valence-corrected chi connectivity index (χ2v) is 4.32. The SMILES string of the molecule is COCCOCC(O)c1ccc(OC(C)C)cc1. The van der Waals surface area contributed by atoms with Gasteiger partial charge in [-0.3, -0.25) is 0 Å². The van der Waals surface area contributed by atoms with Crippen molar-refractivity contribution >= 4 is 0 Å². The summed E-state index contributed by atoms with van der Waals surface area (Å²) in [5.74, 6) is 0.807. The average molecular weight is 254 g/mol. The van der Waals surface area contributed by atoms with Crippen LogP contribution in [0.1, 0.15) is 25.5 Å². The maximum atomic E-state index is 9.89. The third-order valence-corrected chi connectivity index (χ3v) is 2.34. The Bertz CT molecular complexity index is 321. The molecule has 1 aromatic rings. The maximum Gasteiger partial charge on any atom is 0.119 e. The summed E-state index contributed by atoms with van der Waals surface area (Å²) in [6, 6.07) is 7.41. The number of methoxy groups -OCH3 is 1. The van der Waals surface area contributed by atoms with Crippen molar-refractivity contribution in [2.24, 2.45) is 0 Å². The van der Waals surface area contributed by atoms with Crippen LogP contribution in [0.25, 0.3) is 0 Å². The lowest BCUT2D eigenvalue weighted by molar-refractivity contribution is 0.0126. The van der Waals surface area contributed by atoms with Crippen LogP contribution in [-0.4, -0.2) is 38.1 Å². The van der Waals surface area contributed by atoms with E-state index in [2.05, 4.69) is 0 Å². The highest BCUT2D eigenvalue weighted by atomic mass is 16.5. The Morgan fingerprint density at radius 1 is 1.11 bits per heavy atom. The molecule has 0 aliphatic carbocycles. The number of aliphatic hydroxyl groups is 1. The van der Waals surface area contributed by atoms with Crippen molar-refractivity contribution in [2.45, 2.75) is 26.1 Å². The monoisotopic (exact) mass is 254 g/mol. The second kappa shape index (κ2) is 8.08. The highest BCUT2D eigenvalue weighted by molar-refractivity contribution is 5.28. The van der Waals surface area contributed by atoms with Crippen LogP contribution in [0, 0.1) is 0 Å². The number of rotatable bonds is 8.